The molecule has 0 fully saturated rings. The topological polar surface area (TPSA) is 74.3 Å². The summed E-state index contributed by atoms with van der Waals surface area (Å²) < 4.78 is 20.1. The Morgan fingerprint density at radius 1 is 1.57 bits per heavy atom. The number of hydrogen-bond donors (Lipinski definition) is 1. The third kappa shape index (κ3) is 6.12. The van der Waals surface area contributed by atoms with Gasteiger partial charge in [0.1, 0.15) is 15.9 Å². The lowest BCUT2D eigenvalue weighted by Gasteiger charge is -2.27. The van der Waals surface area contributed by atoms with E-state index in [0.29, 0.717) is 5.69 Å². The minimum absolute atomic E-state index is 0.0120. The average molecular weight is 398 g/mol. The number of carbonyl (C=O) groups is 1. The van der Waals surface area contributed by atoms with Crippen LogP contribution in [0.3, 0.4) is 0 Å². The lowest BCUT2D eigenvalue weighted by molar-refractivity contribution is -0.141. The Kier molecular flexibility index (Phi) is 6.93. The van der Waals surface area contributed by atoms with Gasteiger partial charge >= 0.3 is 5.97 Å². The molecule has 1 rings (SSSR count). The van der Waals surface area contributed by atoms with Gasteiger partial charge in [0.2, 0.25) is 0 Å². The van der Waals surface area contributed by atoms with Crippen molar-refractivity contribution in [3.63, 3.8) is 0 Å². The van der Waals surface area contributed by atoms with Crippen LogP contribution in [0.5, 0.6) is 0 Å². The van der Waals surface area contributed by atoms with Gasteiger partial charge in [-0.05, 0) is 32.9 Å². The fraction of sp³-hybridized carbons (Fsp3) is 0.538. The molecule has 0 aliphatic rings. The molecule has 5 nitrogen and oxygen atoms in total. The maximum atomic E-state index is 12.3. The Morgan fingerprint density at radius 2 is 2.19 bits per heavy atom. The Labute approximate surface area is 141 Å². The molecule has 0 radical (unpaired) electrons. The van der Waals surface area contributed by atoms with E-state index in [4.69, 9.17) is 11.6 Å². The summed E-state index contributed by atoms with van der Waals surface area (Å²) in [6.45, 7) is 5.52. The molecule has 1 heterocycles. The number of hydrogen-bond acceptors (Lipinski definition) is 5. The first-order valence-corrected chi connectivity index (χ1v) is 8.53. The van der Waals surface area contributed by atoms with Crippen LogP contribution >= 0.6 is 27.5 Å². The molecule has 1 aromatic heterocycles. The van der Waals surface area contributed by atoms with Crippen LogP contribution in [0.1, 0.15) is 38.9 Å². The molecule has 0 aliphatic carbocycles. The molecule has 0 saturated carbocycles. The van der Waals surface area contributed by atoms with Crippen molar-refractivity contribution in [3.05, 3.63) is 27.5 Å². The van der Waals surface area contributed by atoms with Crippen molar-refractivity contribution in [2.45, 2.75) is 38.0 Å². The molecule has 1 unspecified atom stereocenters. The van der Waals surface area contributed by atoms with E-state index in [1.54, 1.807) is 12.1 Å². The minimum Gasteiger partial charge on any atom is -0.598 e. The maximum absolute atomic E-state index is 12.3. The van der Waals surface area contributed by atoms with Crippen LogP contribution in [0.25, 0.3) is 0 Å². The number of rotatable bonds is 5. The van der Waals surface area contributed by atoms with Gasteiger partial charge in [-0.3, -0.25) is 4.79 Å². The van der Waals surface area contributed by atoms with Gasteiger partial charge in [0.05, 0.1) is 19.2 Å². The van der Waals surface area contributed by atoms with Crippen molar-refractivity contribution in [1.82, 2.24) is 9.71 Å². The molecular formula is C13H18BrClN2O3S. The van der Waals surface area contributed by atoms with Crippen molar-refractivity contribution < 1.29 is 14.1 Å². The van der Waals surface area contributed by atoms with E-state index in [2.05, 4.69) is 30.4 Å². The molecule has 0 bridgehead atoms. The van der Waals surface area contributed by atoms with Gasteiger partial charge in [-0.15, -0.1) is 4.72 Å². The third-order valence-electron chi connectivity index (χ3n) is 2.54. The van der Waals surface area contributed by atoms with E-state index < -0.39 is 28.1 Å². The number of nitrogens with one attached hydrogen (secondary N) is 1. The summed E-state index contributed by atoms with van der Waals surface area (Å²) in [6, 6.07) is 2.82. The number of halogens is 2. The molecule has 21 heavy (non-hydrogen) atoms. The van der Waals surface area contributed by atoms with E-state index in [-0.39, 0.29) is 11.6 Å². The summed E-state index contributed by atoms with van der Waals surface area (Å²) in [7, 11) is 1.31. The molecule has 1 aromatic rings. The van der Waals surface area contributed by atoms with Gasteiger partial charge in [-0.25, -0.2) is 4.98 Å². The minimum atomic E-state index is -1.36. The van der Waals surface area contributed by atoms with E-state index in [1.165, 1.54) is 7.11 Å². The zero-order chi connectivity index (χ0) is 16.2. The van der Waals surface area contributed by atoms with E-state index in [0.717, 1.165) is 4.47 Å². The van der Waals surface area contributed by atoms with Crippen molar-refractivity contribution in [3.8, 4) is 0 Å². The van der Waals surface area contributed by atoms with Crippen LogP contribution < -0.4 is 4.72 Å². The number of methoxy groups -OCH3 is 1. The van der Waals surface area contributed by atoms with Crippen molar-refractivity contribution in [2.75, 3.05) is 7.11 Å². The molecule has 0 aliphatic heterocycles. The molecule has 118 valence electrons. The fourth-order valence-electron chi connectivity index (χ4n) is 1.43. The van der Waals surface area contributed by atoms with Crippen LogP contribution in [0.4, 0.5) is 0 Å². The first kappa shape index (κ1) is 18.7. The smallest absolute Gasteiger partial charge is 0.307 e. The predicted octanol–water partition coefficient (Wildman–Crippen LogP) is 3.15. The van der Waals surface area contributed by atoms with Crippen LogP contribution in [0.2, 0.25) is 5.15 Å². The summed E-state index contributed by atoms with van der Waals surface area (Å²) >= 11 is 7.90. The van der Waals surface area contributed by atoms with Gasteiger partial charge in [0, 0.05) is 15.8 Å². The highest BCUT2D eigenvalue weighted by atomic mass is 79.9. The SMILES string of the molecule is COC(=O)C[C@H](N[S+]([O-])C(C)(C)C)c1cc(Br)cc(Cl)n1. The van der Waals surface area contributed by atoms with E-state index in [1.807, 2.05) is 20.8 Å². The molecule has 2 atom stereocenters. The summed E-state index contributed by atoms with van der Waals surface area (Å²) in [6.07, 6.45) is 0.0120. The number of nitrogens with zero attached hydrogens (tertiary/aromatic N) is 1. The lowest BCUT2D eigenvalue weighted by Crippen LogP contribution is -2.42. The Hall–Kier alpha value is -0.340. The van der Waals surface area contributed by atoms with Gasteiger partial charge in [-0.1, -0.05) is 27.5 Å². The third-order valence-corrected chi connectivity index (χ3v) is 4.80. The fourth-order valence-corrected chi connectivity index (χ4v) is 3.04. The molecule has 0 amide bonds. The number of aromatic nitrogens is 1. The Morgan fingerprint density at radius 3 is 2.67 bits per heavy atom. The first-order chi connectivity index (χ1) is 9.63. The first-order valence-electron chi connectivity index (χ1n) is 6.21. The largest absolute Gasteiger partial charge is 0.598 e. The second kappa shape index (κ2) is 7.78. The van der Waals surface area contributed by atoms with Crippen LogP contribution in [-0.2, 0) is 20.9 Å². The predicted molar refractivity (Wildman–Crippen MR) is 87.4 cm³/mol. The summed E-state index contributed by atoms with van der Waals surface area (Å²) in [4.78, 5) is 15.8. The molecule has 0 aromatic carbocycles. The maximum Gasteiger partial charge on any atom is 0.307 e. The molecule has 8 heteroatoms. The van der Waals surface area contributed by atoms with Gasteiger partial charge in [0.25, 0.3) is 0 Å². The van der Waals surface area contributed by atoms with Crippen LogP contribution in [0.15, 0.2) is 16.6 Å². The molecule has 0 saturated heterocycles. The quantitative estimate of drug-likeness (QED) is 0.469. The molecule has 0 spiro atoms. The lowest BCUT2D eigenvalue weighted by atomic mass is 10.1. The summed E-state index contributed by atoms with van der Waals surface area (Å²) in [5, 5.41) is 0.289. The molecular weight excluding hydrogens is 380 g/mol. The zero-order valence-corrected chi connectivity index (χ0v) is 15.4. The number of carbonyl (C=O) groups excluding carboxylic acids is 1. The highest BCUT2D eigenvalue weighted by Gasteiger charge is 2.31. The van der Waals surface area contributed by atoms with E-state index >= 15 is 0 Å². The second-order valence-corrected chi connectivity index (χ2v) is 8.67. The normalized spacial score (nSPS) is 14.6. The summed E-state index contributed by atoms with van der Waals surface area (Å²) in [5.74, 6) is -0.420. The highest BCUT2D eigenvalue weighted by molar-refractivity contribution is 9.10. The van der Waals surface area contributed by atoms with Crippen LogP contribution in [-0.4, -0.2) is 27.4 Å². The number of esters is 1. The van der Waals surface area contributed by atoms with Crippen LogP contribution in [0, 0.1) is 0 Å². The van der Waals surface area contributed by atoms with Crippen molar-refractivity contribution in [1.29, 1.82) is 0 Å². The van der Waals surface area contributed by atoms with Gasteiger partial charge < -0.3 is 9.29 Å². The Bertz CT molecular complexity index is 490. The average Bonchev–Trinajstić information content (AvgIpc) is 2.35. The van der Waals surface area contributed by atoms with Gasteiger partial charge in [-0.2, -0.15) is 0 Å². The second-order valence-electron chi connectivity index (χ2n) is 5.36. The number of ether oxygens (including phenoxy) is 1. The zero-order valence-electron chi connectivity index (χ0n) is 12.3. The monoisotopic (exact) mass is 396 g/mol. The van der Waals surface area contributed by atoms with E-state index in [9.17, 15) is 9.35 Å². The standard InChI is InChI=1S/C13H18BrClN2O3S/c1-13(2,3)21(19)17-10(7-12(18)20-4)9-5-8(14)6-11(15)16-9/h5-6,10,17H,7H2,1-4H3/t10-,21?/m0/s1. The number of pyridine rings is 1. The van der Waals surface area contributed by atoms with Crippen molar-refractivity contribution in [2.24, 2.45) is 0 Å². The Balaban J connectivity index is 3.04. The van der Waals surface area contributed by atoms with Crippen molar-refractivity contribution >= 4 is 44.9 Å². The highest BCUT2D eigenvalue weighted by Crippen LogP contribution is 2.25. The summed E-state index contributed by atoms with van der Waals surface area (Å²) in [5.41, 5.74) is 0.525. The van der Waals surface area contributed by atoms with Gasteiger partial charge in [0.15, 0.2) is 0 Å². The molecule has 1 N–H and O–H groups in total.